The summed E-state index contributed by atoms with van der Waals surface area (Å²) in [4.78, 5) is 74.1. The third kappa shape index (κ3) is 22.2. The van der Waals surface area contributed by atoms with Gasteiger partial charge in [-0.3, -0.25) is 24.1 Å². The van der Waals surface area contributed by atoms with E-state index in [1.807, 2.05) is 0 Å². The summed E-state index contributed by atoms with van der Waals surface area (Å²) in [5, 5.41) is 20.8. The highest BCUT2D eigenvalue weighted by molar-refractivity contribution is 6.04. The zero-order valence-electron chi connectivity index (χ0n) is 42.2. The molecule has 4 heterocycles. The number of hydrogen-bond donors (Lipinski definition) is 5. The van der Waals surface area contributed by atoms with Gasteiger partial charge in [0.2, 0.25) is 17.6 Å². The Bertz CT molecular complexity index is 2210. The Balaban J connectivity index is 1.18. The number of methoxy groups -OCH3 is 2. The number of unbranched alkanes of at least 4 members (excludes halogenated alkanes) is 2. The summed E-state index contributed by atoms with van der Waals surface area (Å²) in [6.07, 6.45) is 9.82. The largest absolute Gasteiger partial charge is 0.477 e. The molecule has 0 aromatic carbocycles. The molecule has 0 bridgehead atoms. The van der Waals surface area contributed by atoms with E-state index < -0.39 is 29.6 Å². The van der Waals surface area contributed by atoms with Gasteiger partial charge in [0.15, 0.2) is 11.6 Å². The van der Waals surface area contributed by atoms with Crippen LogP contribution in [0.15, 0.2) is 43.1 Å². The Labute approximate surface area is 419 Å². The summed E-state index contributed by atoms with van der Waals surface area (Å²) in [7, 11) is 8.22. The van der Waals surface area contributed by atoms with Crippen LogP contribution >= 0.6 is 0 Å². The van der Waals surface area contributed by atoms with Gasteiger partial charge in [-0.05, 0) is 25.5 Å². The maximum absolute atomic E-state index is 13.3. The molecule has 4 aromatic rings. The highest BCUT2D eigenvalue weighted by Gasteiger charge is 2.20. The number of imidazole rings is 2. The van der Waals surface area contributed by atoms with E-state index >= 15 is 0 Å². The van der Waals surface area contributed by atoms with E-state index in [1.54, 1.807) is 73.7 Å². The summed E-state index contributed by atoms with van der Waals surface area (Å²) >= 11 is 0. The first-order valence-corrected chi connectivity index (χ1v) is 23.9. The lowest BCUT2D eigenvalue weighted by molar-refractivity contribution is -0.121. The van der Waals surface area contributed by atoms with Crippen LogP contribution in [0, 0.1) is 0 Å². The van der Waals surface area contributed by atoms with Crippen molar-refractivity contribution in [3.63, 3.8) is 0 Å². The van der Waals surface area contributed by atoms with Crippen molar-refractivity contribution in [2.24, 2.45) is 21.1 Å². The second kappa shape index (κ2) is 33.6. The molecule has 4 aromatic heterocycles. The molecule has 0 spiro atoms. The molecule has 0 aliphatic heterocycles. The van der Waals surface area contributed by atoms with Crippen molar-refractivity contribution in [3.8, 4) is 0 Å². The van der Waals surface area contributed by atoms with Crippen molar-refractivity contribution in [1.82, 2.24) is 33.1 Å². The topological polar surface area (TPSA) is 276 Å². The van der Waals surface area contributed by atoms with Crippen LogP contribution in [-0.2, 0) is 75.2 Å². The van der Waals surface area contributed by atoms with Gasteiger partial charge in [-0.2, -0.15) is 0 Å². The van der Waals surface area contributed by atoms with Gasteiger partial charge in [-0.15, -0.1) is 0 Å². The number of nitrogens with zero attached hydrogens (tertiary/aromatic N) is 7. The summed E-state index contributed by atoms with van der Waals surface area (Å²) in [6.45, 7) is 9.55. The van der Waals surface area contributed by atoms with E-state index in [-0.39, 0.29) is 41.7 Å². The number of amides is 4. The van der Waals surface area contributed by atoms with Crippen molar-refractivity contribution in [2.45, 2.75) is 38.6 Å². The molecule has 0 fully saturated rings. The molecule has 0 saturated heterocycles. The third-order valence-corrected chi connectivity index (χ3v) is 10.7. The number of anilines is 4. The number of carbonyl (C=O) groups is 5. The Kier molecular flexibility index (Phi) is 27.3. The molecular weight excluding hydrogens is 943 g/mol. The Morgan fingerprint density at radius 2 is 1.10 bits per heavy atom. The lowest BCUT2D eigenvalue weighted by Crippen LogP contribution is -2.32. The molecule has 0 saturated carbocycles. The van der Waals surface area contributed by atoms with E-state index in [0.29, 0.717) is 130 Å². The predicted octanol–water partition coefficient (Wildman–Crippen LogP) is 2.72. The van der Waals surface area contributed by atoms with Crippen molar-refractivity contribution in [1.29, 1.82) is 0 Å². The molecule has 25 heteroatoms. The van der Waals surface area contributed by atoms with Gasteiger partial charge >= 0.3 is 5.97 Å². The van der Waals surface area contributed by atoms with Gasteiger partial charge in [-0.25, -0.2) is 14.8 Å². The molecule has 0 radical (unpaired) electrons. The van der Waals surface area contributed by atoms with Crippen LogP contribution in [0.25, 0.3) is 0 Å². The average Bonchev–Trinajstić information content (AvgIpc) is 4.14. The number of hydrogen-bond acceptors (Lipinski definition) is 16. The van der Waals surface area contributed by atoms with Crippen LogP contribution in [0.3, 0.4) is 0 Å². The molecule has 0 atom stereocenters. The molecule has 400 valence electrons. The fourth-order valence-corrected chi connectivity index (χ4v) is 6.92. The maximum atomic E-state index is 13.3. The smallest absolute Gasteiger partial charge is 0.352 e. The Hall–Kier alpha value is -6.03. The van der Waals surface area contributed by atoms with Crippen LogP contribution < -0.4 is 21.3 Å². The van der Waals surface area contributed by atoms with E-state index in [9.17, 15) is 29.1 Å². The third-order valence-electron chi connectivity index (χ3n) is 10.7. The summed E-state index contributed by atoms with van der Waals surface area (Å²) < 4.78 is 49.7. The normalized spacial score (nSPS) is 11.4. The number of carboxylic acid groups (broad SMARTS) is 1. The fraction of sp³-hybridized carbons (Fsp3) is 0.596. The summed E-state index contributed by atoms with van der Waals surface area (Å²) in [6, 6.07) is 2.97. The van der Waals surface area contributed by atoms with Gasteiger partial charge in [0.25, 0.3) is 11.8 Å². The van der Waals surface area contributed by atoms with E-state index in [2.05, 4.69) is 36.1 Å². The minimum Gasteiger partial charge on any atom is -0.477 e. The Morgan fingerprint density at radius 3 is 1.64 bits per heavy atom. The van der Waals surface area contributed by atoms with E-state index in [1.165, 1.54) is 23.0 Å². The number of aromatic carboxylic acids is 1. The molecule has 0 aliphatic rings. The standard InChI is InChI=1S/C47H73N11O14/c1-54-14-11-48-43(54)45(61)50-37-32-40(55(2)33-37)53-42(60)10-9-41(59)51-39-35-56(3)44(52-39)46(62)49-36-31-38(47(63)64)58(34-36)13-8-6-7-12-57(15-17-67-23-25-71-29-27-69-21-19-65-4)16-18-68-24-26-72-30-28-70-22-20-66-5/h11,14,31-35H,6-10,12-13,15-30H2,1-5H3,(H,49,62)(H,50,61)(H,51,59)(H,53,60)(H,63,64). The van der Waals surface area contributed by atoms with E-state index in [4.69, 9.17) is 37.9 Å². The van der Waals surface area contributed by atoms with Crippen LogP contribution in [0.1, 0.15) is 63.8 Å². The summed E-state index contributed by atoms with van der Waals surface area (Å²) in [5.74, 6) is -2.44. The molecule has 5 N–H and O–H groups in total. The number of aryl methyl sites for hydroxylation is 4. The Morgan fingerprint density at radius 1 is 0.569 bits per heavy atom. The van der Waals surface area contributed by atoms with Crippen molar-refractivity contribution in [3.05, 3.63) is 60.5 Å². The minimum absolute atomic E-state index is 0.0168. The SMILES string of the molecule is COCCOCCOCCOCCN(CCCCCn1cc(NC(=O)c2nc(NC(=O)CCC(=O)Nc3cc(NC(=O)c4nccn4C)cn3C)cn2C)cc1C(=O)O)CCOCCOCCOCCOC. The van der Waals surface area contributed by atoms with Crippen molar-refractivity contribution >= 4 is 52.6 Å². The molecule has 72 heavy (non-hydrogen) atoms. The molecule has 0 aliphatic carbocycles. The van der Waals surface area contributed by atoms with Gasteiger partial charge in [-0.1, -0.05) is 6.42 Å². The minimum atomic E-state index is -1.14. The number of carbonyl (C=O) groups excluding carboxylic acids is 4. The first-order valence-electron chi connectivity index (χ1n) is 23.9. The number of aromatic nitrogens is 6. The monoisotopic (exact) mass is 1020 g/mol. The second-order valence-corrected chi connectivity index (χ2v) is 16.3. The van der Waals surface area contributed by atoms with Crippen LogP contribution in [0.5, 0.6) is 0 Å². The maximum Gasteiger partial charge on any atom is 0.352 e. The summed E-state index contributed by atoms with van der Waals surface area (Å²) in [5.41, 5.74) is 0.731. The zero-order chi connectivity index (χ0) is 51.9. The molecular formula is C47H73N11O14. The zero-order valence-corrected chi connectivity index (χ0v) is 42.2. The van der Waals surface area contributed by atoms with Gasteiger partial charge in [0.05, 0.1) is 104 Å². The average molecular weight is 1020 g/mol. The molecule has 4 amide bonds. The first kappa shape index (κ1) is 58.5. The van der Waals surface area contributed by atoms with Crippen molar-refractivity contribution in [2.75, 3.05) is 148 Å². The quantitative estimate of drug-likeness (QED) is 0.0401. The highest BCUT2D eigenvalue weighted by Crippen LogP contribution is 2.20. The van der Waals surface area contributed by atoms with Crippen molar-refractivity contribution < 1.29 is 67.0 Å². The lowest BCUT2D eigenvalue weighted by Gasteiger charge is -2.22. The van der Waals surface area contributed by atoms with Crippen LogP contribution in [-0.4, -0.2) is 194 Å². The fourth-order valence-electron chi connectivity index (χ4n) is 6.92. The van der Waals surface area contributed by atoms with Gasteiger partial charge < -0.3 is 82.5 Å². The van der Waals surface area contributed by atoms with Crippen LogP contribution in [0.4, 0.5) is 23.0 Å². The first-order chi connectivity index (χ1) is 34.9. The number of ether oxygens (including phenoxy) is 8. The van der Waals surface area contributed by atoms with Crippen LogP contribution in [0.2, 0.25) is 0 Å². The molecule has 4 rings (SSSR count). The lowest BCUT2D eigenvalue weighted by atomic mass is 10.2. The van der Waals surface area contributed by atoms with Gasteiger partial charge in [0, 0.05) is 105 Å². The van der Waals surface area contributed by atoms with E-state index in [0.717, 1.165) is 19.4 Å². The number of carboxylic acids is 1. The highest BCUT2D eigenvalue weighted by atomic mass is 16.6. The second-order valence-electron chi connectivity index (χ2n) is 16.3. The predicted molar refractivity (Wildman–Crippen MR) is 265 cm³/mol. The van der Waals surface area contributed by atoms with Gasteiger partial charge in [0.1, 0.15) is 11.5 Å². The number of rotatable bonds is 40. The number of nitrogens with one attached hydrogen (secondary N) is 4. The molecule has 0 unspecified atom stereocenters. The molecule has 25 nitrogen and oxygen atoms in total.